The number of aromatic nitrogens is 1. The van der Waals surface area contributed by atoms with E-state index in [1.54, 1.807) is 24.3 Å². The molecule has 22 heavy (non-hydrogen) atoms. The van der Waals surface area contributed by atoms with E-state index in [4.69, 9.17) is 4.74 Å². The first-order valence-corrected chi connectivity index (χ1v) is 6.68. The van der Waals surface area contributed by atoms with Crippen LogP contribution in [0.5, 0.6) is 0 Å². The maximum Gasteiger partial charge on any atom is 0.414 e. The van der Waals surface area contributed by atoms with Gasteiger partial charge in [-0.2, -0.15) is 0 Å². The molecule has 1 saturated heterocycles. The van der Waals surface area contributed by atoms with Crippen molar-refractivity contribution in [2.45, 2.75) is 0 Å². The fourth-order valence-corrected chi connectivity index (χ4v) is 2.13. The lowest BCUT2D eigenvalue weighted by atomic mass is 10.2. The first kappa shape index (κ1) is 13.9. The molecule has 0 atom stereocenters. The van der Waals surface area contributed by atoms with Crippen LogP contribution in [0.1, 0.15) is 10.4 Å². The number of cyclic esters (lactones) is 1. The zero-order chi connectivity index (χ0) is 15.5. The Bertz CT molecular complexity index is 764. The van der Waals surface area contributed by atoms with Gasteiger partial charge < -0.3 is 15.0 Å². The predicted octanol–water partition coefficient (Wildman–Crippen LogP) is 1.58. The average Bonchev–Trinajstić information content (AvgIpc) is 2.94. The average molecular weight is 299 g/mol. The Kier molecular flexibility index (Phi) is 3.61. The summed E-state index contributed by atoms with van der Waals surface area (Å²) in [6.45, 7) is 0.836. The molecule has 112 valence electrons. The topological polar surface area (TPSA) is 91.5 Å². The fraction of sp³-hybridized carbons (Fsp3) is 0.133. The van der Waals surface area contributed by atoms with E-state index in [1.807, 2.05) is 0 Å². The minimum Gasteiger partial charge on any atom is -0.447 e. The van der Waals surface area contributed by atoms with Crippen LogP contribution in [-0.2, 0) is 4.74 Å². The van der Waals surface area contributed by atoms with Crippen LogP contribution in [0.15, 0.2) is 47.4 Å². The van der Waals surface area contributed by atoms with Crippen molar-refractivity contribution in [2.24, 2.45) is 0 Å². The van der Waals surface area contributed by atoms with Crippen LogP contribution in [0, 0.1) is 0 Å². The van der Waals surface area contributed by atoms with Crippen molar-refractivity contribution >= 4 is 23.4 Å². The van der Waals surface area contributed by atoms with Gasteiger partial charge in [-0.3, -0.25) is 14.5 Å². The molecule has 1 fully saturated rings. The highest BCUT2D eigenvalue weighted by atomic mass is 16.6. The van der Waals surface area contributed by atoms with Crippen molar-refractivity contribution in [2.75, 3.05) is 23.4 Å². The molecule has 2 aromatic rings. The second-order valence-corrected chi connectivity index (χ2v) is 4.71. The van der Waals surface area contributed by atoms with E-state index in [-0.39, 0.29) is 11.5 Å². The first-order valence-electron chi connectivity index (χ1n) is 6.68. The number of hydrogen-bond acceptors (Lipinski definition) is 4. The van der Waals surface area contributed by atoms with E-state index in [0.717, 1.165) is 0 Å². The lowest BCUT2D eigenvalue weighted by Crippen LogP contribution is -2.23. The zero-order valence-electron chi connectivity index (χ0n) is 11.5. The normalized spacial score (nSPS) is 13.8. The quantitative estimate of drug-likeness (QED) is 0.900. The number of anilines is 2. The van der Waals surface area contributed by atoms with Crippen LogP contribution in [-0.4, -0.2) is 30.1 Å². The number of hydrogen-bond donors (Lipinski definition) is 2. The Morgan fingerprint density at radius 3 is 2.77 bits per heavy atom. The molecule has 1 aliphatic rings. The number of benzene rings is 1. The summed E-state index contributed by atoms with van der Waals surface area (Å²) in [5.74, 6) is -0.350. The van der Waals surface area contributed by atoms with Gasteiger partial charge in [0.1, 0.15) is 6.61 Å². The molecule has 0 aliphatic carbocycles. The summed E-state index contributed by atoms with van der Waals surface area (Å²) < 4.78 is 4.89. The van der Waals surface area contributed by atoms with Crippen LogP contribution in [0.25, 0.3) is 0 Å². The number of aromatic amines is 1. The van der Waals surface area contributed by atoms with E-state index >= 15 is 0 Å². The molecule has 0 bridgehead atoms. The summed E-state index contributed by atoms with van der Waals surface area (Å²) in [5.41, 5.74) is 1.27. The number of H-pyrrole nitrogens is 1. The highest BCUT2D eigenvalue weighted by Gasteiger charge is 2.23. The van der Waals surface area contributed by atoms with E-state index in [1.165, 1.54) is 23.2 Å². The predicted molar refractivity (Wildman–Crippen MR) is 80.2 cm³/mol. The van der Waals surface area contributed by atoms with E-state index in [0.29, 0.717) is 30.1 Å². The molecule has 0 unspecified atom stereocenters. The summed E-state index contributed by atoms with van der Waals surface area (Å²) in [6, 6.07) is 9.64. The van der Waals surface area contributed by atoms with Gasteiger partial charge in [-0.1, -0.05) is 6.07 Å². The van der Waals surface area contributed by atoms with Gasteiger partial charge in [0, 0.05) is 23.6 Å². The maximum atomic E-state index is 12.1. The van der Waals surface area contributed by atoms with Crippen LogP contribution < -0.4 is 15.8 Å². The lowest BCUT2D eigenvalue weighted by Gasteiger charge is -2.14. The van der Waals surface area contributed by atoms with Crippen LogP contribution >= 0.6 is 0 Å². The number of rotatable bonds is 3. The van der Waals surface area contributed by atoms with Gasteiger partial charge in [-0.15, -0.1) is 0 Å². The largest absolute Gasteiger partial charge is 0.447 e. The second-order valence-electron chi connectivity index (χ2n) is 4.71. The minimum absolute atomic E-state index is 0.272. The third kappa shape index (κ3) is 2.83. The molecule has 2 N–H and O–H groups in total. The number of ether oxygens (including phenoxy) is 1. The van der Waals surface area contributed by atoms with E-state index in [9.17, 15) is 14.4 Å². The Labute approximate surface area is 125 Å². The molecule has 1 aliphatic heterocycles. The molecular formula is C15H13N3O4. The Morgan fingerprint density at radius 2 is 2.09 bits per heavy atom. The van der Waals surface area contributed by atoms with Crippen molar-refractivity contribution in [3.05, 3.63) is 58.5 Å². The van der Waals surface area contributed by atoms with Crippen LogP contribution in [0.3, 0.4) is 0 Å². The van der Waals surface area contributed by atoms with E-state index in [2.05, 4.69) is 10.3 Å². The first-order chi connectivity index (χ1) is 10.6. The number of amides is 2. The van der Waals surface area contributed by atoms with Gasteiger partial charge in [0.2, 0.25) is 5.56 Å². The molecule has 0 radical (unpaired) electrons. The van der Waals surface area contributed by atoms with Gasteiger partial charge in [0.05, 0.1) is 12.1 Å². The number of pyridine rings is 1. The van der Waals surface area contributed by atoms with Gasteiger partial charge in [-0.25, -0.2) is 4.79 Å². The molecule has 0 saturated carbocycles. The Balaban J connectivity index is 1.78. The standard InChI is InChI=1S/C15H13N3O4/c19-13-5-4-10(9-16-13)14(20)17-11-2-1-3-12(8-11)18-6-7-22-15(18)21/h1-5,8-9H,6-7H2,(H,16,19)(H,17,20). The van der Waals surface area contributed by atoms with Gasteiger partial charge in [0.15, 0.2) is 0 Å². The second kappa shape index (κ2) is 5.72. The highest BCUT2D eigenvalue weighted by Crippen LogP contribution is 2.22. The molecule has 1 aromatic carbocycles. The number of carbonyl (C=O) groups excluding carboxylic acids is 2. The van der Waals surface area contributed by atoms with Crippen molar-refractivity contribution in [1.29, 1.82) is 0 Å². The van der Waals surface area contributed by atoms with Gasteiger partial charge in [-0.05, 0) is 24.3 Å². The summed E-state index contributed by atoms with van der Waals surface area (Å²) in [7, 11) is 0. The van der Waals surface area contributed by atoms with E-state index < -0.39 is 6.09 Å². The SMILES string of the molecule is O=C(Nc1cccc(N2CCOC2=O)c1)c1ccc(=O)[nH]c1. The summed E-state index contributed by atoms with van der Waals surface area (Å²) in [6.07, 6.45) is 0.948. The molecular weight excluding hydrogens is 286 g/mol. The van der Waals surface area contributed by atoms with Crippen molar-refractivity contribution in [3.8, 4) is 0 Å². The van der Waals surface area contributed by atoms with Gasteiger partial charge >= 0.3 is 6.09 Å². The van der Waals surface area contributed by atoms with Gasteiger partial charge in [0.25, 0.3) is 5.91 Å². The summed E-state index contributed by atoms with van der Waals surface area (Å²) in [5, 5.41) is 2.72. The molecule has 2 amide bonds. The summed E-state index contributed by atoms with van der Waals surface area (Å²) in [4.78, 5) is 38.6. The molecule has 0 spiro atoms. The molecule has 7 nitrogen and oxygen atoms in total. The molecule has 2 heterocycles. The minimum atomic E-state index is -0.399. The Morgan fingerprint density at radius 1 is 1.23 bits per heavy atom. The van der Waals surface area contributed by atoms with Crippen LogP contribution in [0.2, 0.25) is 0 Å². The monoisotopic (exact) mass is 299 g/mol. The third-order valence-electron chi connectivity index (χ3n) is 3.22. The third-order valence-corrected chi connectivity index (χ3v) is 3.22. The van der Waals surface area contributed by atoms with Crippen molar-refractivity contribution in [1.82, 2.24) is 4.98 Å². The molecule has 7 heteroatoms. The zero-order valence-corrected chi connectivity index (χ0v) is 11.5. The smallest absolute Gasteiger partial charge is 0.414 e. The Hall–Kier alpha value is -3.09. The highest BCUT2D eigenvalue weighted by molar-refractivity contribution is 6.04. The number of nitrogens with zero attached hydrogens (tertiary/aromatic N) is 1. The lowest BCUT2D eigenvalue weighted by molar-refractivity contribution is 0.102. The fourth-order valence-electron chi connectivity index (χ4n) is 2.13. The van der Waals surface area contributed by atoms with Crippen molar-refractivity contribution in [3.63, 3.8) is 0 Å². The molecule has 3 rings (SSSR count). The molecule has 1 aromatic heterocycles. The van der Waals surface area contributed by atoms with Crippen LogP contribution in [0.4, 0.5) is 16.2 Å². The van der Waals surface area contributed by atoms with Crippen molar-refractivity contribution < 1.29 is 14.3 Å². The maximum absolute atomic E-state index is 12.1. The number of nitrogens with one attached hydrogen (secondary N) is 2. The number of carbonyl (C=O) groups is 2. The summed E-state index contributed by atoms with van der Waals surface area (Å²) >= 11 is 0.